The minimum atomic E-state index is -1.25. The van der Waals surface area contributed by atoms with Gasteiger partial charge in [-0.15, -0.1) is 0 Å². The summed E-state index contributed by atoms with van der Waals surface area (Å²) in [6.45, 7) is 1.07. The van der Waals surface area contributed by atoms with Crippen LogP contribution in [0.1, 0.15) is 25.7 Å². The highest BCUT2D eigenvalue weighted by Crippen LogP contribution is 2.29. The van der Waals surface area contributed by atoms with Crippen LogP contribution in [0, 0.1) is 10.1 Å². The van der Waals surface area contributed by atoms with Crippen LogP contribution < -0.4 is 5.32 Å². The van der Waals surface area contributed by atoms with Gasteiger partial charge >= 0.3 is 0 Å². The molecule has 3 rings (SSSR count). The summed E-state index contributed by atoms with van der Waals surface area (Å²) < 4.78 is 0. The molecule has 1 aliphatic heterocycles. The van der Waals surface area contributed by atoms with Gasteiger partial charge < -0.3 is 25.7 Å². The van der Waals surface area contributed by atoms with Crippen molar-refractivity contribution >= 4 is 11.4 Å². The zero-order valence-electron chi connectivity index (χ0n) is 18.2. The molecule has 0 amide bonds. The number of unbranched alkanes of at least 4 members (excludes halogenated alkanes) is 3. The topological polar surface area (TPSA) is 178 Å². The van der Waals surface area contributed by atoms with E-state index in [-0.39, 0.29) is 18.8 Å². The van der Waals surface area contributed by atoms with Crippen molar-refractivity contribution in [1.29, 1.82) is 0 Å². The van der Waals surface area contributed by atoms with Crippen LogP contribution in [0.15, 0.2) is 30.9 Å². The molecule has 0 saturated carbocycles. The van der Waals surface area contributed by atoms with E-state index in [1.165, 1.54) is 18.7 Å². The Morgan fingerprint density at radius 2 is 1.82 bits per heavy atom. The maximum atomic E-state index is 11.5. The maximum absolute atomic E-state index is 11.5. The van der Waals surface area contributed by atoms with Crippen molar-refractivity contribution in [2.75, 3.05) is 31.6 Å². The lowest BCUT2D eigenvalue weighted by atomic mass is 9.94. The van der Waals surface area contributed by atoms with Gasteiger partial charge in [0.25, 0.3) is 5.69 Å². The van der Waals surface area contributed by atoms with Gasteiger partial charge in [-0.25, -0.2) is 15.0 Å². The maximum Gasteiger partial charge on any atom is 0.293 e. The van der Waals surface area contributed by atoms with E-state index in [1.54, 1.807) is 17.0 Å². The summed E-state index contributed by atoms with van der Waals surface area (Å²) in [6, 6.07) is 4.22. The monoisotopic (exact) mass is 462 g/mol. The van der Waals surface area contributed by atoms with E-state index in [0.29, 0.717) is 30.2 Å². The minimum absolute atomic E-state index is 0.0487. The zero-order valence-corrected chi connectivity index (χ0v) is 18.2. The fourth-order valence-corrected chi connectivity index (χ4v) is 4.01. The molecule has 33 heavy (non-hydrogen) atoms. The molecule has 0 aliphatic carbocycles. The van der Waals surface area contributed by atoms with Gasteiger partial charge in [-0.05, 0) is 31.5 Å². The van der Waals surface area contributed by atoms with E-state index >= 15 is 0 Å². The van der Waals surface area contributed by atoms with Gasteiger partial charge in [-0.2, -0.15) is 0 Å². The molecular weight excluding hydrogens is 432 g/mol. The molecule has 2 heterocycles. The number of nitro groups is 1. The predicted octanol–water partition coefficient (Wildman–Crippen LogP) is 0.178. The van der Waals surface area contributed by atoms with Gasteiger partial charge in [0.1, 0.15) is 30.5 Å². The molecule has 4 atom stereocenters. The standard InChI is InChI=1S/C21H30N6O6/c28-11-17-19(30)20(31)18(29)10-26(17)8-4-2-1-3-7-23-15-6-5-14(9-16(15)27(32)33)21-24-12-22-13-25-21/h5-6,9,12-13,17-20,23,28-31H,1-4,7-8,10-11H2/t17-,18+,19-,20-/m1/s1. The molecule has 1 fully saturated rings. The second kappa shape index (κ2) is 11.9. The number of rotatable bonds is 11. The molecule has 1 saturated heterocycles. The number of hydrogen-bond donors (Lipinski definition) is 5. The number of benzene rings is 1. The quantitative estimate of drug-likeness (QED) is 0.175. The molecule has 1 aromatic heterocycles. The first-order valence-electron chi connectivity index (χ1n) is 11.0. The van der Waals surface area contributed by atoms with Crippen molar-refractivity contribution in [2.45, 2.75) is 50.0 Å². The van der Waals surface area contributed by atoms with Gasteiger partial charge in [0.05, 0.1) is 23.7 Å². The normalized spacial score (nSPS) is 23.4. The number of hydrogen-bond acceptors (Lipinski definition) is 11. The van der Waals surface area contributed by atoms with Crippen molar-refractivity contribution in [3.8, 4) is 11.4 Å². The van der Waals surface area contributed by atoms with Crippen LogP contribution in [-0.2, 0) is 0 Å². The summed E-state index contributed by atoms with van der Waals surface area (Å²) in [6.07, 6.45) is 2.56. The third-order valence-corrected chi connectivity index (χ3v) is 5.85. The average molecular weight is 463 g/mol. The lowest BCUT2D eigenvalue weighted by Crippen LogP contribution is -2.62. The summed E-state index contributed by atoms with van der Waals surface area (Å²) in [5, 5.41) is 53.7. The number of anilines is 1. The lowest BCUT2D eigenvalue weighted by molar-refractivity contribution is -0.383. The minimum Gasteiger partial charge on any atom is -0.395 e. The Bertz CT molecular complexity index is 904. The van der Waals surface area contributed by atoms with Gasteiger partial charge in [0.2, 0.25) is 0 Å². The summed E-state index contributed by atoms with van der Waals surface area (Å²) in [5.41, 5.74) is 0.919. The van der Waals surface area contributed by atoms with Crippen molar-refractivity contribution < 1.29 is 25.3 Å². The highest BCUT2D eigenvalue weighted by Gasteiger charge is 2.40. The Hall–Kier alpha value is -2.77. The van der Waals surface area contributed by atoms with E-state index in [1.807, 2.05) is 0 Å². The number of piperidine rings is 1. The smallest absolute Gasteiger partial charge is 0.293 e. The second-order valence-corrected chi connectivity index (χ2v) is 8.09. The van der Waals surface area contributed by atoms with Crippen LogP contribution in [-0.4, -0.2) is 95.8 Å². The van der Waals surface area contributed by atoms with E-state index in [0.717, 1.165) is 25.7 Å². The molecule has 180 valence electrons. The van der Waals surface area contributed by atoms with Gasteiger partial charge in [0.15, 0.2) is 5.82 Å². The molecule has 12 nitrogen and oxygen atoms in total. The molecule has 0 bridgehead atoms. The van der Waals surface area contributed by atoms with Crippen molar-refractivity contribution in [3.63, 3.8) is 0 Å². The van der Waals surface area contributed by atoms with Crippen LogP contribution in [0.3, 0.4) is 0 Å². The fraction of sp³-hybridized carbons (Fsp3) is 0.571. The Kier molecular flexibility index (Phi) is 8.97. The number of β-amino-alcohol motifs (C(OH)–C–C–N with tert-alkyl or cyclic N) is 1. The Balaban J connectivity index is 1.42. The summed E-state index contributed by atoms with van der Waals surface area (Å²) in [7, 11) is 0. The summed E-state index contributed by atoms with van der Waals surface area (Å²) in [4.78, 5) is 24.6. The van der Waals surface area contributed by atoms with Crippen LogP contribution in [0.2, 0.25) is 0 Å². The van der Waals surface area contributed by atoms with Crippen LogP contribution in [0.5, 0.6) is 0 Å². The zero-order chi connectivity index (χ0) is 23.8. The molecule has 0 unspecified atom stereocenters. The SMILES string of the molecule is O=[N+]([O-])c1cc(-c2ncncn2)ccc1NCCCCCCN1C[C@H](O)[C@@H](O)[C@H](O)[C@H]1CO. The Morgan fingerprint density at radius 3 is 2.52 bits per heavy atom. The molecule has 0 radical (unpaired) electrons. The molecule has 5 N–H and O–H groups in total. The molecule has 0 spiro atoms. The van der Waals surface area contributed by atoms with E-state index < -0.39 is 29.3 Å². The summed E-state index contributed by atoms with van der Waals surface area (Å²) in [5.74, 6) is 0.367. The van der Waals surface area contributed by atoms with Gasteiger partial charge in [-0.3, -0.25) is 15.0 Å². The molecule has 12 heteroatoms. The summed E-state index contributed by atoms with van der Waals surface area (Å²) >= 11 is 0. The van der Waals surface area contributed by atoms with E-state index in [9.17, 15) is 30.5 Å². The van der Waals surface area contributed by atoms with Gasteiger partial charge in [0, 0.05) is 24.7 Å². The highest BCUT2D eigenvalue weighted by molar-refractivity contribution is 5.70. The van der Waals surface area contributed by atoms with Crippen molar-refractivity contribution in [3.05, 3.63) is 41.0 Å². The number of aromatic nitrogens is 3. The van der Waals surface area contributed by atoms with Crippen LogP contribution in [0.25, 0.3) is 11.4 Å². The molecule has 1 aromatic carbocycles. The van der Waals surface area contributed by atoms with Crippen molar-refractivity contribution in [1.82, 2.24) is 19.9 Å². The lowest BCUT2D eigenvalue weighted by Gasteiger charge is -2.43. The highest BCUT2D eigenvalue weighted by atomic mass is 16.6. The Morgan fingerprint density at radius 1 is 1.09 bits per heavy atom. The van der Waals surface area contributed by atoms with E-state index in [2.05, 4.69) is 20.3 Å². The first kappa shape index (κ1) is 24.9. The predicted molar refractivity (Wildman–Crippen MR) is 119 cm³/mol. The number of aliphatic hydroxyl groups is 4. The molecule has 2 aromatic rings. The van der Waals surface area contributed by atoms with E-state index in [4.69, 9.17) is 0 Å². The number of nitro benzene ring substituents is 1. The van der Waals surface area contributed by atoms with Crippen LogP contribution >= 0.6 is 0 Å². The van der Waals surface area contributed by atoms with Gasteiger partial charge in [-0.1, -0.05) is 12.8 Å². The largest absolute Gasteiger partial charge is 0.395 e. The number of nitrogens with zero attached hydrogens (tertiary/aromatic N) is 5. The second-order valence-electron chi connectivity index (χ2n) is 8.09. The fourth-order valence-electron chi connectivity index (χ4n) is 4.01. The van der Waals surface area contributed by atoms with Crippen LogP contribution in [0.4, 0.5) is 11.4 Å². The molecule has 1 aliphatic rings. The molecular formula is C21H30N6O6. The third kappa shape index (κ3) is 6.39. The number of nitrogens with one attached hydrogen (secondary N) is 1. The first-order valence-corrected chi connectivity index (χ1v) is 11.0. The number of likely N-dealkylation sites (tertiary alicyclic amines) is 1. The average Bonchev–Trinajstić information content (AvgIpc) is 2.82. The Labute approximate surface area is 191 Å². The third-order valence-electron chi connectivity index (χ3n) is 5.85. The number of aliphatic hydroxyl groups excluding tert-OH is 4. The van der Waals surface area contributed by atoms with Crippen molar-refractivity contribution in [2.24, 2.45) is 0 Å². The first-order chi connectivity index (χ1) is 15.9.